The van der Waals surface area contributed by atoms with Crippen LogP contribution < -0.4 is 19.7 Å². The van der Waals surface area contributed by atoms with Gasteiger partial charge in [0, 0.05) is 24.7 Å². The van der Waals surface area contributed by atoms with E-state index in [1.54, 1.807) is 17.0 Å². The number of amides is 2. The Morgan fingerprint density at radius 3 is 2.75 bits per heavy atom. The second kappa shape index (κ2) is 9.26. The summed E-state index contributed by atoms with van der Waals surface area (Å²) in [7, 11) is 0. The van der Waals surface area contributed by atoms with Crippen molar-refractivity contribution in [3.05, 3.63) is 48.5 Å². The number of rotatable bonds is 8. The highest BCUT2D eigenvalue weighted by molar-refractivity contribution is 5.99. The molecule has 0 saturated heterocycles. The Balaban J connectivity index is 1.52. The fraction of sp³-hybridized carbons (Fsp3) is 0.364. The van der Waals surface area contributed by atoms with Gasteiger partial charge in [-0.2, -0.15) is 0 Å². The lowest BCUT2D eigenvalue weighted by Gasteiger charge is -2.31. The van der Waals surface area contributed by atoms with Gasteiger partial charge in [0.2, 0.25) is 5.91 Å². The summed E-state index contributed by atoms with van der Waals surface area (Å²) in [5.74, 6) is 1.65. The van der Waals surface area contributed by atoms with Gasteiger partial charge in [-0.3, -0.25) is 9.59 Å². The third-order valence-electron chi connectivity index (χ3n) is 4.29. The Kier molecular flexibility index (Phi) is 6.53. The zero-order valence-electron chi connectivity index (χ0n) is 16.3. The summed E-state index contributed by atoms with van der Waals surface area (Å²) in [6.45, 7) is 5.28. The van der Waals surface area contributed by atoms with Crippen molar-refractivity contribution in [2.45, 2.75) is 26.7 Å². The average Bonchev–Trinajstić information content (AvgIpc) is 2.68. The Hall–Kier alpha value is -3.02. The van der Waals surface area contributed by atoms with E-state index in [9.17, 15) is 9.59 Å². The van der Waals surface area contributed by atoms with Crippen LogP contribution in [0.15, 0.2) is 48.5 Å². The van der Waals surface area contributed by atoms with Gasteiger partial charge >= 0.3 is 0 Å². The number of hydrogen-bond donors (Lipinski definition) is 1. The molecule has 2 aromatic rings. The van der Waals surface area contributed by atoms with Crippen molar-refractivity contribution in [3.8, 4) is 11.5 Å². The first-order valence-corrected chi connectivity index (χ1v) is 9.58. The van der Waals surface area contributed by atoms with Gasteiger partial charge in [0.25, 0.3) is 5.91 Å². The second-order valence-electron chi connectivity index (χ2n) is 7.18. The molecular formula is C22H26N2O4. The summed E-state index contributed by atoms with van der Waals surface area (Å²) < 4.78 is 11.2. The van der Waals surface area contributed by atoms with Gasteiger partial charge in [0.1, 0.15) is 11.5 Å². The maximum Gasteiger partial charge on any atom is 0.265 e. The predicted molar refractivity (Wildman–Crippen MR) is 109 cm³/mol. The molecule has 28 heavy (non-hydrogen) atoms. The lowest BCUT2D eigenvalue weighted by atomic mass is 10.1. The number of carbonyl (C=O) groups is 2. The van der Waals surface area contributed by atoms with Crippen LogP contribution in [0, 0.1) is 5.92 Å². The molecule has 0 aromatic heterocycles. The van der Waals surface area contributed by atoms with E-state index in [4.69, 9.17) is 9.47 Å². The maximum absolute atomic E-state index is 12.2. The predicted octanol–water partition coefficient (Wildman–Crippen LogP) is 3.87. The third-order valence-corrected chi connectivity index (χ3v) is 4.29. The van der Waals surface area contributed by atoms with Gasteiger partial charge in [0.15, 0.2) is 6.61 Å². The van der Waals surface area contributed by atoms with Crippen molar-refractivity contribution in [1.29, 1.82) is 0 Å². The van der Waals surface area contributed by atoms with Crippen LogP contribution in [0.4, 0.5) is 11.4 Å². The molecule has 0 spiro atoms. The molecule has 0 radical (unpaired) electrons. The molecule has 0 aliphatic carbocycles. The first kappa shape index (κ1) is 19.7. The number of nitrogens with zero attached hydrogens (tertiary/aromatic N) is 1. The Morgan fingerprint density at radius 1 is 1.21 bits per heavy atom. The molecule has 0 saturated carbocycles. The third kappa shape index (κ3) is 5.25. The minimum absolute atomic E-state index is 0.0218. The van der Waals surface area contributed by atoms with E-state index in [1.165, 1.54) is 0 Å². The Labute approximate surface area is 165 Å². The standard InChI is InChI=1S/C22H26N2O4/c1-16(2)14-24-19-11-10-17(13-20(19)28-15-22(24)26)23-21(25)9-6-12-27-18-7-4-3-5-8-18/h3-5,7-8,10-11,13,16H,6,9,12,14-15H2,1-2H3,(H,23,25). The van der Waals surface area contributed by atoms with Crippen LogP contribution in [0.2, 0.25) is 0 Å². The van der Waals surface area contributed by atoms with E-state index in [-0.39, 0.29) is 18.4 Å². The molecule has 0 unspecified atom stereocenters. The van der Waals surface area contributed by atoms with E-state index in [1.807, 2.05) is 36.4 Å². The molecule has 6 heteroatoms. The Bertz CT molecular complexity index is 821. The summed E-state index contributed by atoms with van der Waals surface area (Å²) in [5.41, 5.74) is 1.41. The van der Waals surface area contributed by atoms with Gasteiger partial charge in [-0.05, 0) is 36.6 Å². The molecule has 3 rings (SSSR count). The number of para-hydroxylation sites is 1. The van der Waals surface area contributed by atoms with Crippen molar-refractivity contribution < 1.29 is 19.1 Å². The van der Waals surface area contributed by atoms with E-state index in [0.29, 0.717) is 43.3 Å². The van der Waals surface area contributed by atoms with Crippen molar-refractivity contribution in [2.75, 3.05) is 30.0 Å². The van der Waals surface area contributed by atoms with Crippen molar-refractivity contribution in [2.24, 2.45) is 5.92 Å². The summed E-state index contributed by atoms with van der Waals surface area (Å²) in [6, 6.07) is 14.9. The van der Waals surface area contributed by atoms with E-state index >= 15 is 0 Å². The fourth-order valence-corrected chi connectivity index (χ4v) is 3.01. The first-order valence-electron chi connectivity index (χ1n) is 9.58. The number of benzene rings is 2. The summed E-state index contributed by atoms with van der Waals surface area (Å²) in [4.78, 5) is 26.1. The summed E-state index contributed by atoms with van der Waals surface area (Å²) in [5, 5.41) is 2.88. The quantitative estimate of drug-likeness (QED) is 0.704. The van der Waals surface area contributed by atoms with Crippen molar-refractivity contribution >= 4 is 23.2 Å². The SMILES string of the molecule is CC(C)CN1C(=O)COc2cc(NC(=O)CCCOc3ccccc3)ccc21. The molecule has 1 aliphatic rings. The van der Waals surface area contributed by atoms with Gasteiger partial charge in [0.05, 0.1) is 12.3 Å². The number of ether oxygens (including phenoxy) is 2. The lowest BCUT2D eigenvalue weighted by Crippen LogP contribution is -2.40. The molecule has 0 fully saturated rings. The first-order chi connectivity index (χ1) is 13.5. The molecule has 0 bridgehead atoms. The number of hydrogen-bond acceptors (Lipinski definition) is 4. The largest absolute Gasteiger partial charge is 0.494 e. The van der Waals surface area contributed by atoms with Crippen LogP contribution in [0.3, 0.4) is 0 Å². The topological polar surface area (TPSA) is 67.9 Å². The molecule has 1 aliphatic heterocycles. The molecule has 148 valence electrons. The lowest BCUT2D eigenvalue weighted by molar-refractivity contribution is -0.121. The normalized spacial score (nSPS) is 13.1. The zero-order chi connectivity index (χ0) is 19.9. The Morgan fingerprint density at radius 2 is 2.00 bits per heavy atom. The highest BCUT2D eigenvalue weighted by Gasteiger charge is 2.26. The number of anilines is 2. The highest BCUT2D eigenvalue weighted by Crippen LogP contribution is 2.35. The second-order valence-corrected chi connectivity index (χ2v) is 7.18. The monoisotopic (exact) mass is 382 g/mol. The van der Waals surface area contributed by atoms with Gasteiger partial charge in [-0.15, -0.1) is 0 Å². The zero-order valence-corrected chi connectivity index (χ0v) is 16.3. The van der Waals surface area contributed by atoms with Crippen LogP contribution in [0.25, 0.3) is 0 Å². The minimum Gasteiger partial charge on any atom is -0.494 e. The van der Waals surface area contributed by atoms with Crippen LogP contribution in [0.5, 0.6) is 11.5 Å². The molecule has 1 N–H and O–H groups in total. The molecule has 2 aromatic carbocycles. The van der Waals surface area contributed by atoms with Crippen LogP contribution in [-0.2, 0) is 9.59 Å². The highest BCUT2D eigenvalue weighted by atomic mass is 16.5. The maximum atomic E-state index is 12.2. The van der Waals surface area contributed by atoms with Crippen molar-refractivity contribution in [1.82, 2.24) is 0 Å². The molecule has 6 nitrogen and oxygen atoms in total. The molecule has 2 amide bonds. The average molecular weight is 382 g/mol. The van der Waals surface area contributed by atoms with E-state index in [0.717, 1.165) is 11.4 Å². The van der Waals surface area contributed by atoms with Gasteiger partial charge in [-0.1, -0.05) is 32.0 Å². The number of carbonyl (C=O) groups excluding carboxylic acids is 2. The number of fused-ring (bicyclic) bond motifs is 1. The fourth-order valence-electron chi connectivity index (χ4n) is 3.01. The molecule has 1 heterocycles. The van der Waals surface area contributed by atoms with E-state index in [2.05, 4.69) is 19.2 Å². The van der Waals surface area contributed by atoms with Gasteiger partial charge < -0.3 is 19.7 Å². The van der Waals surface area contributed by atoms with Gasteiger partial charge in [-0.25, -0.2) is 0 Å². The molecule has 0 atom stereocenters. The van der Waals surface area contributed by atoms with E-state index < -0.39 is 0 Å². The minimum atomic E-state index is -0.0810. The van der Waals surface area contributed by atoms with Crippen LogP contribution in [-0.4, -0.2) is 31.6 Å². The summed E-state index contributed by atoms with van der Waals surface area (Å²) >= 11 is 0. The summed E-state index contributed by atoms with van der Waals surface area (Å²) in [6.07, 6.45) is 0.988. The van der Waals surface area contributed by atoms with Crippen LogP contribution in [0.1, 0.15) is 26.7 Å². The smallest absolute Gasteiger partial charge is 0.265 e. The van der Waals surface area contributed by atoms with Crippen molar-refractivity contribution in [3.63, 3.8) is 0 Å². The molecular weight excluding hydrogens is 356 g/mol. The van der Waals surface area contributed by atoms with Crippen LogP contribution >= 0.6 is 0 Å². The number of nitrogens with one attached hydrogen (secondary N) is 1.